The van der Waals surface area contributed by atoms with Crippen molar-refractivity contribution in [2.45, 2.75) is 146 Å². The number of piperidine rings is 3. The van der Waals surface area contributed by atoms with E-state index in [1.165, 1.54) is 57.8 Å². The maximum absolute atomic E-state index is 13.0. The lowest BCUT2D eigenvalue weighted by atomic mass is 9.41. The molecule has 0 aromatic carbocycles. The third-order valence-corrected chi connectivity index (χ3v) is 14.4. The summed E-state index contributed by atoms with van der Waals surface area (Å²) in [5.41, 5.74) is -1.05. The zero-order valence-electron chi connectivity index (χ0n) is 25.7. The van der Waals surface area contributed by atoms with E-state index < -0.39 is 11.7 Å². The van der Waals surface area contributed by atoms with Gasteiger partial charge >= 0.3 is 0 Å². The number of rotatable bonds is 3. The predicted molar refractivity (Wildman–Crippen MR) is 159 cm³/mol. The first-order chi connectivity index (χ1) is 19.3. The topological polar surface area (TPSA) is 70.4 Å². The van der Waals surface area contributed by atoms with Crippen molar-refractivity contribution in [1.82, 2.24) is 14.7 Å². The summed E-state index contributed by atoms with van der Waals surface area (Å²) in [6, 6.07) is 0.616. The summed E-state index contributed by atoms with van der Waals surface area (Å²) in [5.74, 6) is 1.56. The van der Waals surface area contributed by atoms with E-state index in [1.807, 2.05) is 0 Å². The van der Waals surface area contributed by atoms with E-state index in [0.29, 0.717) is 30.2 Å². The lowest BCUT2D eigenvalue weighted by Gasteiger charge is -2.69. The van der Waals surface area contributed by atoms with Crippen LogP contribution in [0.4, 0.5) is 0 Å². The van der Waals surface area contributed by atoms with Crippen molar-refractivity contribution in [1.29, 1.82) is 0 Å². The molecule has 228 valence electrons. The van der Waals surface area contributed by atoms with Crippen molar-refractivity contribution < 1.29 is 15.3 Å². The van der Waals surface area contributed by atoms with Crippen molar-refractivity contribution in [2.75, 3.05) is 39.3 Å². The molecule has 7 rings (SSSR count). The van der Waals surface area contributed by atoms with Crippen LogP contribution in [0.3, 0.4) is 0 Å². The normalized spacial score (nSPS) is 53.0. The quantitative estimate of drug-likeness (QED) is 0.482. The predicted octanol–water partition coefficient (Wildman–Crippen LogP) is 4.26. The van der Waals surface area contributed by atoms with Crippen LogP contribution in [0.2, 0.25) is 0 Å². The molecule has 3 heterocycles. The van der Waals surface area contributed by atoms with E-state index >= 15 is 0 Å². The van der Waals surface area contributed by atoms with Crippen LogP contribution >= 0.6 is 0 Å². The van der Waals surface area contributed by atoms with Crippen LogP contribution in [0.15, 0.2) is 0 Å². The fraction of sp³-hybridized carbons (Fsp3) is 1.00. The van der Waals surface area contributed by atoms with Crippen LogP contribution in [-0.2, 0) is 0 Å². The molecule has 3 saturated heterocycles. The Bertz CT molecular complexity index is 901. The summed E-state index contributed by atoms with van der Waals surface area (Å²) in [4.78, 5) is 7.90. The van der Waals surface area contributed by atoms with E-state index in [2.05, 4.69) is 28.5 Å². The van der Waals surface area contributed by atoms with E-state index in [9.17, 15) is 15.3 Å². The maximum atomic E-state index is 13.0. The van der Waals surface area contributed by atoms with Crippen LogP contribution in [0.5, 0.6) is 0 Å². The summed E-state index contributed by atoms with van der Waals surface area (Å²) >= 11 is 0. The average Bonchev–Trinajstić information content (AvgIpc) is 3.25. The van der Waals surface area contributed by atoms with E-state index in [0.717, 1.165) is 71.4 Å². The van der Waals surface area contributed by atoms with Gasteiger partial charge in [0, 0.05) is 30.0 Å². The molecule has 0 aromatic rings. The molecule has 11 atom stereocenters. The van der Waals surface area contributed by atoms with Gasteiger partial charge in [-0.1, -0.05) is 33.1 Å². The minimum absolute atomic E-state index is 0.0119. The number of aliphatic hydroxyl groups excluding tert-OH is 2. The molecule has 0 radical (unpaired) electrons. The smallest absolute Gasteiger partial charge is 0.0883 e. The number of hydrogen-bond acceptors (Lipinski definition) is 6. The first kappa shape index (κ1) is 28.5. The first-order valence-electron chi connectivity index (χ1n) is 17.6. The third-order valence-electron chi connectivity index (χ3n) is 14.4. The molecular weight excluding hydrogens is 498 g/mol. The number of likely N-dealkylation sites (tertiary alicyclic amines) is 3. The number of fused-ring (bicyclic) bond motifs is 5. The highest BCUT2D eigenvalue weighted by Crippen LogP contribution is 2.68. The average molecular weight is 558 g/mol. The number of nitrogens with zero attached hydrogens (tertiary/aromatic N) is 3. The van der Waals surface area contributed by atoms with Gasteiger partial charge in [-0.3, -0.25) is 14.7 Å². The summed E-state index contributed by atoms with van der Waals surface area (Å²) < 4.78 is 0. The van der Waals surface area contributed by atoms with Crippen LogP contribution in [0.1, 0.15) is 110 Å². The Morgan fingerprint density at radius 3 is 1.77 bits per heavy atom. The largest absolute Gasteiger partial charge is 0.391 e. The highest BCUT2D eigenvalue weighted by atomic mass is 16.3. The molecule has 0 amide bonds. The molecule has 3 N–H and O–H groups in total. The third kappa shape index (κ3) is 4.31. The van der Waals surface area contributed by atoms with E-state index in [4.69, 9.17) is 0 Å². The Morgan fingerprint density at radius 1 is 0.625 bits per heavy atom. The molecule has 0 spiro atoms. The van der Waals surface area contributed by atoms with Gasteiger partial charge in [0.2, 0.25) is 0 Å². The molecular formula is C34H59N3O3. The number of aliphatic hydroxyl groups is 3. The van der Waals surface area contributed by atoms with E-state index in [1.54, 1.807) is 0 Å². The van der Waals surface area contributed by atoms with Crippen molar-refractivity contribution in [3.63, 3.8) is 0 Å². The van der Waals surface area contributed by atoms with Crippen LogP contribution in [-0.4, -0.2) is 105 Å². The van der Waals surface area contributed by atoms with Gasteiger partial charge in [0.05, 0.1) is 17.8 Å². The van der Waals surface area contributed by atoms with Gasteiger partial charge in [-0.05, 0) is 133 Å². The highest BCUT2D eigenvalue weighted by Gasteiger charge is 2.70. The Morgan fingerprint density at radius 2 is 1.18 bits per heavy atom. The van der Waals surface area contributed by atoms with Crippen molar-refractivity contribution in [3.05, 3.63) is 0 Å². The second-order valence-corrected chi connectivity index (χ2v) is 16.1. The fourth-order valence-corrected chi connectivity index (χ4v) is 12.2. The summed E-state index contributed by atoms with van der Waals surface area (Å²) in [6.45, 7) is 11.6. The summed E-state index contributed by atoms with van der Waals surface area (Å²) in [6.07, 6.45) is 16.6. The van der Waals surface area contributed by atoms with Crippen LogP contribution < -0.4 is 0 Å². The maximum Gasteiger partial charge on any atom is 0.0883 e. The molecule has 40 heavy (non-hydrogen) atoms. The van der Waals surface area contributed by atoms with Gasteiger partial charge in [-0.15, -0.1) is 0 Å². The van der Waals surface area contributed by atoms with Crippen molar-refractivity contribution in [3.8, 4) is 0 Å². The first-order valence-corrected chi connectivity index (χ1v) is 17.6. The highest BCUT2D eigenvalue weighted by molar-refractivity contribution is 5.22. The Kier molecular flexibility index (Phi) is 7.65. The minimum atomic E-state index is -0.839. The van der Waals surface area contributed by atoms with Crippen LogP contribution in [0.25, 0.3) is 0 Å². The Balaban J connectivity index is 1.24. The van der Waals surface area contributed by atoms with Crippen molar-refractivity contribution in [2.24, 2.45) is 28.6 Å². The fourth-order valence-electron chi connectivity index (χ4n) is 12.2. The molecule has 0 bridgehead atoms. The molecule has 3 aliphatic heterocycles. The molecule has 6 heteroatoms. The van der Waals surface area contributed by atoms with Crippen molar-refractivity contribution >= 4 is 0 Å². The standard InChI is InChI=1S/C34H59N3O3/c1-32-13-12-25-24(26(32)21-27(31(32)39)35-14-6-3-7-15-35)20-30(37-18-10-5-11-19-37)34(40)23-29(38)28(22-33(25,34)2)36-16-8-4-9-17-36/h24-31,38-40H,3-23H2,1-2H3/t24-,25-,26+,27?,28?,29?,30?,31?,32+,33-,34?/m1/s1. The van der Waals surface area contributed by atoms with Gasteiger partial charge in [0.15, 0.2) is 0 Å². The second kappa shape index (κ2) is 10.7. The lowest BCUT2D eigenvalue weighted by Crippen LogP contribution is -2.75. The lowest BCUT2D eigenvalue weighted by molar-refractivity contribution is -0.264. The molecule has 0 aromatic heterocycles. The SMILES string of the molecule is C[C@]12CC[C@@H]3[C@@H](CC(N4CCCCC4)C4(O)CC(O)C(N5CCCCC5)C[C@]34C)[C@@H]1CC(N1CCCCC1)C2O. The number of hydrogen-bond donors (Lipinski definition) is 3. The molecule has 7 fully saturated rings. The molecule has 4 saturated carbocycles. The Hall–Kier alpha value is -0.240. The van der Waals surface area contributed by atoms with E-state index in [-0.39, 0.29) is 29.0 Å². The van der Waals surface area contributed by atoms with Gasteiger partial charge < -0.3 is 15.3 Å². The molecule has 4 aliphatic carbocycles. The zero-order chi connectivity index (χ0) is 27.7. The molecule has 6 unspecified atom stereocenters. The van der Waals surface area contributed by atoms with Gasteiger partial charge in [-0.2, -0.15) is 0 Å². The molecule has 6 nitrogen and oxygen atoms in total. The molecule has 7 aliphatic rings. The second-order valence-electron chi connectivity index (χ2n) is 16.1. The van der Waals surface area contributed by atoms with Gasteiger partial charge in [0.25, 0.3) is 0 Å². The zero-order valence-corrected chi connectivity index (χ0v) is 25.7. The summed E-state index contributed by atoms with van der Waals surface area (Å²) in [7, 11) is 0. The minimum Gasteiger partial charge on any atom is -0.391 e. The Labute approximate surface area is 243 Å². The van der Waals surface area contributed by atoms with Crippen LogP contribution in [0, 0.1) is 28.6 Å². The monoisotopic (exact) mass is 557 g/mol. The summed E-state index contributed by atoms with van der Waals surface area (Å²) in [5, 5.41) is 36.7. The van der Waals surface area contributed by atoms with Gasteiger partial charge in [-0.25, -0.2) is 0 Å². The van der Waals surface area contributed by atoms with Gasteiger partial charge in [0.1, 0.15) is 0 Å².